The van der Waals surface area contributed by atoms with Crippen LogP contribution in [0.2, 0.25) is 0 Å². The molecule has 1 aromatic carbocycles. The second-order valence-electron chi connectivity index (χ2n) is 2.54. The fourth-order valence-electron chi connectivity index (χ4n) is 0.831. The van der Waals surface area contributed by atoms with Crippen molar-refractivity contribution >= 4 is 9.84 Å². The van der Waals surface area contributed by atoms with E-state index in [2.05, 4.69) is 4.84 Å². The van der Waals surface area contributed by atoms with Gasteiger partial charge < -0.3 is 4.84 Å². The van der Waals surface area contributed by atoms with E-state index in [1.54, 1.807) is 0 Å². The molecule has 0 aromatic heterocycles. The summed E-state index contributed by atoms with van der Waals surface area (Å²) >= 11 is 0. The zero-order valence-corrected chi connectivity index (χ0v) is 7.97. The normalized spacial score (nSPS) is 12.5. The van der Waals surface area contributed by atoms with E-state index in [1.165, 1.54) is 0 Å². The molecule has 0 saturated carbocycles. The molecule has 0 unspecified atom stereocenters. The highest BCUT2D eigenvalue weighted by Crippen LogP contribution is 2.30. The Labute approximate surface area is 83.3 Å². The van der Waals surface area contributed by atoms with Crippen molar-refractivity contribution in [1.29, 1.82) is 0 Å². The van der Waals surface area contributed by atoms with Gasteiger partial charge in [-0.05, 0) is 24.3 Å². The van der Waals surface area contributed by atoms with E-state index in [9.17, 15) is 21.6 Å². The third-order valence-corrected chi connectivity index (χ3v) is 3.08. The van der Waals surface area contributed by atoms with Crippen LogP contribution in [0.4, 0.5) is 13.2 Å². The van der Waals surface area contributed by atoms with Crippen molar-refractivity contribution in [1.82, 2.24) is 0 Å². The number of hydrogen-bond acceptors (Lipinski definition) is 4. The van der Waals surface area contributed by atoms with Gasteiger partial charge in [0.1, 0.15) is 5.75 Å². The molecule has 0 atom stereocenters. The van der Waals surface area contributed by atoms with Gasteiger partial charge in [0.05, 0.1) is 4.90 Å². The van der Waals surface area contributed by atoms with E-state index in [0.717, 1.165) is 24.3 Å². The van der Waals surface area contributed by atoms with E-state index in [1.807, 2.05) is 0 Å². The summed E-state index contributed by atoms with van der Waals surface area (Å²) in [4.78, 5) is 3.34. The third-order valence-electron chi connectivity index (χ3n) is 1.57. The lowest BCUT2D eigenvalue weighted by Gasteiger charge is -2.07. The maximum atomic E-state index is 12.1. The first-order valence-corrected chi connectivity index (χ1v) is 5.05. The average molecular weight is 241 g/mol. The smallest absolute Gasteiger partial charge is 0.412 e. The Morgan fingerprint density at radius 3 is 1.93 bits per heavy atom. The van der Waals surface area contributed by atoms with E-state index < -0.39 is 20.2 Å². The zero-order valence-electron chi connectivity index (χ0n) is 7.15. The molecule has 0 fully saturated rings. The minimum atomic E-state index is -5.31. The lowest BCUT2D eigenvalue weighted by atomic mass is 10.3. The number of hydrogen-bond donors (Lipinski definition) is 1. The Bertz CT molecular complexity index is 438. The lowest BCUT2D eigenvalue weighted by Crippen LogP contribution is -2.23. The summed E-state index contributed by atoms with van der Waals surface area (Å²) < 4.78 is 57.9. The number of halogens is 3. The number of benzene rings is 1. The Morgan fingerprint density at radius 1 is 1.13 bits per heavy atom. The predicted octanol–water partition coefficient (Wildman–Crippen LogP) is 1.23. The summed E-state index contributed by atoms with van der Waals surface area (Å²) in [5.74, 6) is 4.79. The number of sulfone groups is 1. The second-order valence-corrected chi connectivity index (χ2v) is 4.48. The quantitative estimate of drug-likeness (QED) is 0.791. The molecule has 84 valence electrons. The summed E-state index contributed by atoms with van der Waals surface area (Å²) in [6, 6.07) is 3.59. The summed E-state index contributed by atoms with van der Waals surface area (Å²) in [6.45, 7) is 0. The van der Waals surface area contributed by atoms with Gasteiger partial charge in [-0.3, -0.25) is 0 Å². The van der Waals surface area contributed by atoms with Crippen molar-refractivity contribution in [2.75, 3.05) is 0 Å². The van der Waals surface area contributed by atoms with Crippen LogP contribution >= 0.6 is 0 Å². The minimum absolute atomic E-state index is 0.0659. The zero-order chi connectivity index (χ0) is 11.7. The highest BCUT2D eigenvalue weighted by atomic mass is 32.2. The van der Waals surface area contributed by atoms with Crippen molar-refractivity contribution < 1.29 is 26.4 Å². The first-order valence-electron chi connectivity index (χ1n) is 3.57. The first kappa shape index (κ1) is 11.8. The Balaban J connectivity index is 3.18. The number of rotatable bonds is 2. The fraction of sp³-hybridized carbons (Fsp3) is 0.143. The number of nitrogens with two attached hydrogens (primary N) is 1. The first-order chi connectivity index (χ1) is 6.79. The standard InChI is InChI=1S/C7H6F3NO3S/c8-7(9,10)15(12,13)6-3-1-5(14-11)2-4-6/h1-4H,11H2. The summed E-state index contributed by atoms with van der Waals surface area (Å²) in [5, 5.41) is 0. The van der Waals surface area contributed by atoms with Gasteiger partial charge in [-0.15, -0.1) is 0 Å². The molecular weight excluding hydrogens is 235 g/mol. The van der Waals surface area contributed by atoms with Crippen molar-refractivity contribution in [3.05, 3.63) is 24.3 Å². The number of alkyl halides is 3. The molecule has 0 saturated heterocycles. The molecule has 0 amide bonds. The van der Waals surface area contributed by atoms with Crippen LogP contribution in [0, 0.1) is 0 Å². The third kappa shape index (κ3) is 2.21. The van der Waals surface area contributed by atoms with E-state index in [4.69, 9.17) is 5.90 Å². The van der Waals surface area contributed by atoms with E-state index in [-0.39, 0.29) is 5.75 Å². The molecule has 1 rings (SSSR count). The molecule has 1 aromatic rings. The van der Waals surface area contributed by atoms with Crippen molar-refractivity contribution in [3.63, 3.8) is 0 Å². The van der Waals surface area contributed by atoms with Crippen LogP contribution in [0.1, 0.15) is 0 Å². The van der Waals surface area contributed by atoms with Crippen LogP contribution in [0.3, 0.4) is 0 Å². The van der Waals surface area contributed by atoms with Crippen LogP contribution in [0.25, 0.3) is 0 Å². The summed E-state index contributed by atoms with van der Waals surface area (Å²) in [6.07, 6.45) is 0. The molecule has 0 aliphatic rings. The lowest BCUT2D eigenvalue weighted by molar-refractivity contribution is -0.0436. The van der Waals surface area contributed by atoms with Crippen molar-refractivity contribution in [2.45, 2.75) is 10.4 Å². The second kappa shape index (κ2) is 3.70. The Kier molecular flexibility index (Phi) is 2.91. The van der Waals surface area contributed by atoms with Gasteiger partial charge in [-0.2, -0.15) is 19.1 Å². The highest BCUT2D eigenvalue weighted by molar-refractivity contribution is 7.92. The average Bonchev–Trinajstić information content (AvgIpc) is 2.16. The van der Waals surface area contributed by atoms with Crippen LogP contribution in [0.15, 0.2) is 29.2 Å². The van der Waals surface area contributed by atoms with Crippen molar-refractivity contribution in [3.8, 4) is 5.75 Å². The van der Waals surface area contributed by atoms with Crippen molar-refractivity contribution in [2.24, 2.45) is 5.90 Å². The van der Waals surface area contributed by atoms with Gasteiger partial charge in [0.15, 0.2) is 0 Å². The molecule has 2 N–H and O–H groups in total. The van der Waals surface area contributed by atoms with Crippen LogP contribution in [0.5, 0.6) is 5.75 Å². The molecule has 0 heterocycles. The van der Waals surface area contributed by atoms with E-state index in [0.29, 0.717) is 0 Å². The maximum Gasteiger partial charge on any atom is 0.501 e. The SMILES string of the molecule is NOc1ccc(S(=O)(=O)C(F)(F)F)cc1. The van der Waals surface area contributed by atoms with Gasteiger partial charge in [0, 0.05) is 0 Å². The Morgan fingerprint density at radius 2 is 1.60 bits per heavy atom. The topological polar surface area (TPSA) is 69.4 Å². The molecule has 0 radical (unpaired) electrons. The van der Waals surface area contributed by atoms with Gasteiger partial charge >= 0.3 is 5.51 Å². The van der Waals surface area contributed by atoms with Gasteiger partial charge in [0.2, 0.25) is 0 Å². The van der Waals surface area contributed by atoms with Gasteiger partial charge in [0.25, 0.3) is 9.84 Å². The summed E-state index contributed by atoms with van der Waals surface area (Å²) in [7, 11) is -5.30. The van der Waals surface area contributed by atoms with Crippen LogP contribution in [-0.2, 0) is 9.84 Å². The van der Waals surface area contributed by atoms with Crippen LogP contribution < -0.4 is 10.7 Å². The van der Waals surface area contributed by atoms with Gasteiger partial charge in [-0.25, -0.2) is 8.42 Å². The fourth-order valence-corrected chi connectivity index (χ4v) is 1.59. The summed E-state index contributed by atoms with van der Waals surface area (Å²) in [5.41, 5.74) is -5.31. The molecule has 0 aliphatic carbocycles. The van der Waals surface area contributed by atoms with E-state index >= 15 is 0 Å². The minimum Gasteiger partial charge on any atom is -0.412 e. The maximum absolute atomic E-state index is 12.1. The Hall–Kier alpha value is -1.28. The molecule has 0 aliphatic heterocycles. The molecule has 4 nitrogen and oxygen atoms in total. The molecular formula is C7H6F3NO3S. The van der Waals surface area contributed by atoms with Gasteiger partial charge in [-0.1, -0.05) is 0 Å². The monoisotopic (exact) mass is 241 g/mol. The largest absolute Gasteiger partial charge is 0.501 e. The molecule has 0 spiro atoms. The molecule has 8 heteroatoms. The van der Waals surface area contributed by atoms with Crippen LogP contribution in [-0.4, -0.2) is 13.9 Å². The highest BCUT2D eigenvalue weighted by Gasteiger charge is 2.46. The predicted molar refractivity (Wildman–Crippen MR) is 44.5 cm³/mol. The molecule has 15 heavy (non-hydrogen) atoms. The molecule has 0 bridgehead atoms.